The van der Waals surface area contributed by atoms with Crippen LogP contribution in [0.15, 0.2) is 29.6 Å². The van der Waals surface area contributed by atoms with Gasteiger partial charge in [-0.1, -0.05) is 44.7 Å². The number of benzene rings is 1. The van der Waals surface area contributed by atoms with Gasteiger partial charge in [-0.3, -0.25) is 0 Å². The molecule has 6 heteroatoms. The minimum absolute atomic E-state index is 0.336. The first kappa shape index (κ1) is 20.9. The number of hydrogen-bond acceptors (Lipinski definition) is 5. The molecule has 0 bridgehead atoms. The minimum atomic E-state index is -0.890. The van der Waals surface area contributed by atoms with Gasteiger partial charge in [0.25, 0.3) is 0 Å². The van der Waals surface area contributed by atoms with Gasteiger partial charge in [-0.2, -0.15) is 0 Å². The van der Waals surface area contributed by atoms with E-state index in [-0.39, 0.29) is 0 Å². The second-order valence-electron chi connectivity index (χ2n) is 5.39. The summed E-state index contributed by atoms with van der Waals surface area (Å²) in [6, 6.07) is 6.92. The molecule has 1 rings (SSSR count). The number of carboxylic acids is 1. The third-order valence-electron chi connectivity index (χ3n) is 3.26. The maximum Gasteiger partial charge on any atom is 0.337 e. The molecule has 0 radical (unpaired) electrons. The van der Waals surface area contributed by atoms with Gasteiger partial charge in [0.2, 0.25) is 0 Å². The number of para-hydroxylation sites is 1. The molecule has 1 N–H and O–H groups in total. The summed E-state index contributed by atoms with van der Waals surface area (Å²) in [6.07, 6.45) is 7.23. The lowest BCUT2D eigenvalue weighted by molar-refractivity contribution is 0.0697. The first-order chi connectivity index (χ1) is 11.0. The molecular weight excluding hydrogens is 296 g/mol. The van der Waals surface area contributed by atoms with Crippen molar-refractivity contribution in [3.8, 4) is 0 Å². The van der Waals surface area contributed by atoms with Crippen molar-refractivity contribution in [3.05, 3.63) is 34.7 Å². The molecular formula is C17H28N2O4. The highest BCUT2D eigenvalue weighted by Gasteiger charge is 2.09. The highest BCUT2D eigenvalue weighted by molar-refractivity contribution is 5.94. The molecule has 23 heavy (non-hydrogen) atoms. The molecule has 0 aliphatic rings. The topological polar surface area (TPSA) is 79.2 Å². The number of nitrogens with zero attached hydrogens (tertiary/aromatic N) is 2. The summed E-state index contributed by atoms with van der Waals surface area (Å²) >= 11 is 0. The summed E-state index contributed by atoms with van der Waals surface area (Å²) in [5.74, 6) is -0.890. The Balaban J connectivity index is 0.000000423. The average Bonchev–Trinajstić information content (AvgIpc) is 2.54. The summed E-state index contributed by atoms with van der Waals surface area (Å²) < 4.78 is 0. The molecule has 0 unspecified atom stereocenters. The van der Waals surface area contributed by atoms with Crippen molar-refractivity contribution in [2.24, 2.45) is 5.34 Å². The Labute approximate surface area is 138 Å². The largest absolute Gasteiger partial charge is 0.478 e. The second kappa shape index (κ2) is 13.5. The number of aromatic carboxylic acids is 1. The number of unbranched alkanes of at least 4 members (excludes halogenated alkanes) is 5. The molecule has 6 nitrogen and oxygen atoms in total. The first-order valence-electron chi connectivity index (χ1n) is 7.98. The van der Waals surface area contributed by atoms with E-state index in [4.69, 9.17) is 5.11 Å². The standard InChI is InChI=1S/C9H11NO2.C8H17NO2/c1-10(2)8-6-4-3-5-7(8)9(11)12;1-2-3-4-5-6-7-8-11-9-10/h3-6H,1-2H3,(H,11,12);2-8H2,1H3. The molecule has 0 saturated carbocycles. The van der Waals surface area contributed by atoms with Crippen LogP contribution in [0.2, 0.25) is 0 Å². The third-order valence-corrected chi connectivity index (χ3v) is 3.26. The Hall–Kier alpha value is -2.11. The summed E-state index contributed by atoms with van der Waals surface area (Å²) in [5.41, 5.74) is 1.06. The van der Waals surface area contributed by atoms with Gasteiger partial charge in [-0.15, -0.1) is 4.91 Å². The predicted molar refractivity (Wildman–Crippen MR) is 92.9 cm³/mol. The zero-order valence-electron chi connectivity index (χ0n) is 14.3. The van der Waals surface area contributed by atoms with Crippen molar-refractivity contribution in [2.75, 3.05) is 25.6 Å². The van der Waals surface area contributed by atoms with Crippen molar-refractivity contribution in [2.45, 2.75) is 45.4 Å². The molecule has 0 aromatic heterocycles. The highest BCUT2D eigenvalue weighted by Crippen LogP contribution is 2.17. The molecule has 130 valence electrons. The number of rotatable bonds is 10. The van der Waals surface area contributed by atoms with E-state index in [1.807, 2.05) is 20.2 Å². The molecule has 1 aromatic carbocycles. The smallest absolute Gasteiger partial charge is 0.337 e. The Morgan fingerprint density at radius 3 is 2.26 bits per heavy atom. The van der Waals surface area contributed by atoms with Crippen molar-refractivity contribution < 1.29 is 14.7 Å². The van der Waals surface area contributed by atoms with Crippen LogP contribution in [0.4, 0.5) is 5.69 Å². The van der Waals surface area contributed by atoms with Gasteiger partial charge in [-0.05, 0) is 25.0 Å². The summed E-state index contributed by atoms with van der Waals surface area (Å²) in [6.45, 7) is 2.68. The quantitative estimate of drug-likeness (QED) is 0.389. The number of anilines is 1. The van der Waals surface area contributed by atoms with Crippen LogP contribution in [0.1, 0.15) is 55.8 Å². The van der Waals surface area contributed by atoms with Crippen molar-refractivity contribution in [3.63, 3.8) is 0 Å². The first-order valence-corrected chi connectivity index (χ1v) is 7.98. The van der Waals surface area contributed by atoms with Gasteiger partial charge in [0, 0.05) is 14.1 Å². The Morgan fingerprint density at radius 2 is 1.74 bits per heavy atom. The van der Waals surface area contributed by atoms with E-state index in [2.05, 4.69) is 17.1 Å². The summed E-state index contributed by atoms with van der Waals surface area (Å²) in [4.78, 5) is 26.3. The molecule has 0 heterocycles. The van der Waals surface area contributed by atoms with Gasteiger partial charge >= 0.3 is 5.97 Å². The maximum absolute atomic E-state index is 10.7. The monoisotopic (exact) mass is 324 g/mol. The van der Waals surface area contributed by atoms with Gasteiger partial charge in [-0.25, -0.2) is 4.79 Å². The van der Waals surface area contributed by atoms with Crippen LogP contribution < -0.4 is 4.90 Å². The fourth-order valence-corrected chi connectivity index (χ4v) is 2.03. The van der Waals surface area contributed by atoms with Gasteiger partial charge in [0.05, 0.1) is 11.3 Å². The SMILES string of the molecule is CCCCCCCCON=O.CN(C)c1ccccc1C(=O)O. The maximum atomic E-state index is 10.7. The van der Waals surface area contributed by atoms with Gasteiger partial charge in [0.15, 0.2) is 5.34 Å². The number of carbonyl (C=O) groups is 1. The van der Waals surface area contributed by atoms with Crippen molar-refractivity contribution in [1.82, 2.24) is 0 Å². The molecule has 0 aliphatic heterocycles. The van der Waals surface area contributed by atoms with Crippen LogP contribution in [-0.2, 0) is 4.84 Å². The minimum Gasteiger partial charge on any atom is -0.478 e. The molecule has 0 atom stereocenters. The molecule has 0 amide bonds. The lowest BCUT2D eigenvalue weighted by atomic mass is 10.1. The van der Waals surface area contributed by atoms with Crippen LogP contribution in [-0.4, -0.2) is 31.8 Å². The van der Waals surface area contributed by atoms with Crippen LogP contribution >= 0.6 is 0 Å². The predicted octanol–water partition coefficient (Wildman–Crippen LogP) is 4.50. The Kier molecular flexibility index (Phi) is 12.3. The highest BCUT2D eigenvalue weighted by atomic mass is 16.7. The fourth-order valence-electron chi connectivity index (χ4n) is 2.03. The van der Waals surface area contributed by atoms with E-state index in [1.54, 1.807) is 23.1 Å². The average molecular weight is 324 g/mol. The zero-order chi connectivity index (χ0) is 17.5. The summed E-state index contributed by atoms with van der Waals surface area (Å²) in [5, 5.41) is 11.1. The van der Waals surface area contributed by atoms with Crippen molar-refractivity contribution in [1.29, 1.82) is 0 Å². The third kappa shape index (κ3) is 10.3. The Bertz CT molecular complexity index is 450. The lowest BCUT2D eigenvalue weighted by Crippen LogP contribution is -2.13. The second-order valence-corrected chi connectivity index (χ2v) is 5.39. The molecule has 0 aliphatic carbocycles. The van der Waals surface area contributed by atoms with Crippen LogP contribution in [0.5, 0.6) is 0 Å². The number of carboxylic acid groups (broad SMARTS) is 1. The molecule has 1 aromatic rings. The normalized spacial score (nSPS) is 9.52. The van der Waals surface area contributed by atoms with Crippen LogP contribution in [0, 0.1) is 4.91 Å². The van der Waals surface area contributed by atoms with Gasteiger partial charge < -0.3 is 14.8 Å². The zero-order valence-corrected chi connectivity index (χ0v) is 14.3. The molecule has 0 fully saturated rings. The van der Waals surface area contributed by atoms with Crippen LogP contribution in [0.3, 0.4) is 0 Å². The van der Waals surface area contributed by atoms with E-state index in [0.717, 1.165) is 18.5 Å². The fraction of sp³-hybridized carbons (Fsp3) is 0.588. The van der Waals surface area contributed by atoms with E-state index in [1.165, 1.54) is 25.7 Å². The van der Waals surface area contributed by atoms with Crippen molar-refractivity contribution >= 4 is 11.7 Å². The molecule has 0 spiro atoms. The van der Waals surface area contributed by atoms with Crippen LogP contribution in [0.25, 0.3) is 0 Å². The van der Waals surface area contributed by atoms with E-state index in [0.29, 0.717) is 12.2 Å². The lowest BCUT2D eigenvalue weighted by Gasteiger charge is -2.14. The molecule has 0 saturated heterocycles. The van der Waals surface area contributed by atoms with E-state index < -0.39 is 5.97 Å². The summed E-state index contributed by atoms with van der Waals surface area (Å²) in [7, 11) is 3.64. The number of hydrogen-bond donors (Lipinski definition) is 1. The van der Waals surface area contributed by atoms with E-state index in [9.17, 15) is 9.70 Å². The van der Waals surface area contributed by atoms with Gasteiger partial charge in [0.1, 0.15) is 6.61 Å². The Morgan fingerprint density at radius 1 is 1.13 bits per heavy atom. The van der Waals surface area contributed by atoms with E-state index >= 15 is 0 Å².